The van der Waals surface area contributed by atoms with E-state index in [1.165, 1.54) is 100 Å². The Labute approximate surface area is 396 Å². The highest BCUT2D eigenvalue weighted by Crippen LogP contribution is 2.43. The molecule has 0 heterocycles. The first-order valence-electron chi connectivity index (χ1n) is 23.7. The van der Waals surface area contributed by atoms with Crippen LogP contribution in [-0.2, 0) is 12.8 Å². The summed E-state index contributed by atoms with van der Waals surface area (Å²) >= 11 is 0. The maximum atomic E-state index is 2.53. The zero-order chi connectivity index (χ0) is 44.8. The van der Waals surface area contributed by atoms with Gasteiger partial charge < -0.3 is 0 Å². The van der Waals surface area contributed by atoms with Crippen LogP contribution in [0.3, 0.4) is 0 Å². The van der Waals surface area contributed by atoms with Crippen LogP contribution < -0.4 is 0 Å². The van der Waals surface area contributed by atoms with E-state index in [0.717, 1.165) is 19.3 Å². The molecular weight excluding hydrogens is 805 g/mol. The molecule has 10 aromatic rings. The molecule has 1 aliphatic rings. The molecule has 0 radical (unpaired) electrons. The first-order chi connectivity index (χ1) is 33.2. The van der Waals surface area contributed by atoms with Gasteiger partial charge in [-0.1, -0.05) is 261 Å². The quantitative estimate of drug-likeness (QED) is 0.107. The number of allylic oxidation sites excluding steroid dienone is 1. The Bertz CT molecular complexity index is 3240. The van der Waals surface area contributed by atoms with Gasteiger partial charge in [-0.2, -0.15) is 0 Å². The minimum absolute atomic E-state index is 0.0592. The van der Waals surface area contributed by atoms with Crippen molar-refractivity contribution < 1.29 is 0 Å². The predicted molar refractivity (Wildman–Crippen MR) is 283 cm³/mol. The van der Waals surface area contributed by atoms with Gasteiger partial charge >= 0.3 is 0 Å². The second kappa shape index (κ2) is 19.2. The SMILES string of the molecule is C1=C(c2ccccc2)Cc2ccc(-c3cccc(CCC(c4ccc(-c5ccccc5)cc4)c4ccc(-c5ccccc5)c(C(c5ccccc5)c5ccccc5)c4)c3)cc2-c2ccccc21. The standard InChI is InChI=1S/C67H52/c1-6-20-49(21-7-1)51-34-36-53(37-35-51)62(60-40-42-64(52-24-10-3-11-25-52)66(47-60)67(54-26-12-4-13-27-54)55-28-14-5-15-29-55)41-33-48-19-18-31-56(43-48)57-38-39-59-45-61(50-22-8-2-9-23-50)44-58-30-16-17-32-63(58)65(59)46-57/h1-32,34-40,42-44,46-47,62,67H,33,41,45H2. The summed E-state index contributed by atoms with van der Waals surface area (Å²) in [6, 6.07) is 96.5. The Morgan fingerprint density at radius 2 is 0.866 bits per heavy atom. The van der Waals surface area contributed by atoms with E-state index >= 15 is 0 Å². The van der Waals surface area contributed by atoms with Crippen molar-refractivity contribution >= 4 is 11.6 Å². The molecule has 10 aromatic carbocycles. The first kappa shape index (κ1) is 41.6. The van der Waals surface area contributed by atoms with Gasteiger partial charge in [0.15, 0.2) is 0 Å². The largest absolute Gasteiger partial charge is 0.0622 e. The van der Waals surface area contributed by atoms with Crippen LogP contribution in [0.2, 0.25) is 0 Å². The van der Waals surface area contributed by atoms with Gasteiger partial charge in [0, 0.05) is 11.8 Å². The zero-order valence-corrected chi connectivity index (χ0v) is 37.7. The number of aryl methyl sites for hydroxylation is 1. The van der Waals surface area contributed by atoms with Gasteiger partial charge in [0.1, 0.15) is 0 Å². The van der Waals surface area contributed by atoms with Gasteiger partial charge in [-0.05, 0) is 125 Å². The van der Waals surface area contributed by atoms with Gasteiger partial charge in [0.05, 0.1) is 0 Å². The molecule has 0 saturated carbocycles. The topological polar surface area (TPSA) is 0 Å². The van der Waals surface area contributed by atoms with Crippen molar-refractivity contribution in [3.05, 3.63) is 311 Å². The monoisotopic (exact) mass is 856 g/mol. The summed E-state index contributed by atoms with van der Waals surface area (Å²) in [5, 5.41) is 0. The molecule has 1 aliphatic carbocycles. The van der Waals surface area contributed by atoms with Crippen molar-refractivity contribution in [2.45, 2.75) is 31.1 Å². The van der Waals surface area contributed by atoms with Crippen molar-refractivity contribution in [3.8, 4) is 44.5 Å². The van der Waals surface area contributed by atoms with E-state index < -0.39 is 0 Å². The van der Waals surface area contributed by atoms with Crippen LogP contribution in [0, 0.1) is 0 Å². The fraction of sp³-hybridized carbons (Fsp3) is 0.0746. The number of benzene rings is 10. The molecule has 0 amide bonds. The fourth-order valence-corrected chi connectivity index (χ4v) is 10.4. The average molecular weight is 857 g/mol. The molecule has 0 bridgehead atoms. The van der Waals surface area contributed by atoms with Crippen molar-refractivity contribution in [2.75, 3.05) is 0 Å². The molecule has 0 nitrogen and oxygen atoms in total. The van der Waals surface area contributed by atoms with E-state index in [0.29, 0.717) is 0 Å². The van der Waals surface area contributed by atoms with Crippen LogP contribution in [-0.4, -0.2) is 0 Å². The number of hydrogen-bond acceptors (Lipinski definition) is 0. The maximum Gasteiger partial charge on any atom is 0.0346 e. The lowest BCUT2D eigenvalue weighted by atomic mass is 9.78. The van der Waals surface area contributed by atoms with Crippen LogP contribution >= 0.6 is 0 Å². The Hall–Kier alpha value is -8.06. The van der Waals surface area contributed by atoms with Crippen molar-refractivity contribution in [3.63, 3.8) is 0 Å². The number of fused-ring (bicyclic) bond motifs is 3. The third-order valence-electron chi connectivity index (χ3n) is 13.8. The summed E-state index contributed by atoms with van der Waals surface area (Å²) in [6.45, 7) is 0. The highest BCUT2D eigenvalue weighted by molar-refractivity contribution is 5.93. The Morgan fingerprint density at radius 1 is 0.328 bits per heavy atom. The molecule has 320 valence electrons. The molecule has 0 aromatic heterocycles. The van der Waals surface area contributed by atoms with E-state index in [1.807, 2.05) is 0 Å². The van der Waals surface area contributed by atoms with Crippen LogP contribution in [0.15, 0.2) is 261 Å². The summed E-state index contributed by atoms with van der Waals surface area (Å²) in [5.74, 6) is 0.225. The molecular formula is C67H52. The van der Waals surface area contributed by atoms with Crippen LogP contribution in [0.25, 0.3) is 56.2 Å². The van der Waals surface area contributed by atoms with Gasteiger partial charge in [-0.15, -0.1) is 0 Å². The molecule has 1 unspecified atom stereocenters. The lowest BCUT2D eigenvalue weighted by Gasteiger charge is -2.26. The Morgan fingerprint density at radius 3 is 1.55 bits per heavy atom. The van der Waals surface area contributed by atoms with Crippen LogP contribution in [0.5, 0.6) is 0 Å². The Balaban J connectivity index is 0.970. The van der Waals surface area contributed by atoms with Crippen LogP contribution in [0.1, 0.15) is 68.3 Å². The minimum Gasteiger partial charge on any atom is -0.0622 e. The third-order valence-corrected chi connectivity index (χ3v) is 13.8. The molecule has 0 spiro atoms. The van der Waals surface area contributed by atoms with Gasteiger partial charge in [-0.3, -0.25) is 0 Å². The fourth-order valence-electron chi connectivity index (χ4n) is 10.4. The minimum atomic E-state index is 0.0592. The molecule has 0 heteroatoms. The molecule has 0 saturated heterocycles. The van der Waals surface area contributed by atoms with E-state index in [-0.39, 0.29) is 11.8 Å². The lowest BCUT2D eigenvalue weighted by Crippen LogP contribution is -2.09. The molecule has 67 heavy (non-hydrogen) atoms. The summed E-state index contributed by atoms with van der Waals surface area (Å²) < 4.78 is 0. The number of rotatable bonds is 12. The third kappa shape index (κ3) is 9.00. The lowest BCUT2D eigenvalue weighted by molar-refractivity contribution is 0.714. The van der Waals surface area contributed by atoms with Gasteiger partial charge in [0.2, 0.25) is 0 Å². The molecule has 0 aliphatic heterocycles. The number of hydrogen-bond donors (Lipinski definition) is 0. The summed E-state index contributed by atoms with van der Waals surface area (Å²) in [7, 11) is 0. The highest BCUT2D eigenvalue weighted by atomic mass is 14.3. The maximum absolute atomic E-state index is 2.53. The average Bonchev–Trinajstić information content (AvgIpc) is 3.57. The molecule has 0 N–H and O–H groups in total. The van der Waals surface area contributed by atoms with Crippen molar-refractivity contribution in [2.24, 2.45) is 0 Å². The Kier molecular flexibility index (Phi) is 11.9. The van der Waals surface area contributed by atoms with E-state index in [2.05, 4.69) is 267 Å². The second-order valence-electron chi connectivity index (χ2n) is 17.9. The van der Waals surface area contributed by atoms with E-state index in [4.69, 9.17) is 0 Å². The summed E-state index contributed by atoms with van der Waals surface area (Å²) in [6.07, 6.45) is 5.19. The molecule has 0 fully saturated rings. The summed E-state index contributed by atoms with van der Waals surface area (Å²) in [4.78, 5) is 0. The zero-order valence-electron chi connectivity index (χ0n) is 37.7. The van der Waals surface area contributed by atoms with Gasteiger partial charge in [0.25, 0.3) is 0 Å². The van der Waals surface area contributed by atoms with Crippen LogP contribution in [0.4, 0.5) is 0 Å². The normalized spacial score (nSPS) is 12.4. The van der Waals surface area contributed by atoms with E-state index in [1.54, 1.807) is 0 Å². The first-order valence-corrected chi connectivity index (χ1v) is 23.7. The molecule has 1 atom stereocenters. The highest BCUT2D eigenvalue weighted by Gasteiger charge is 2.24. The smallest absolute Gasteiger partial charge is 0.0346 e. The summed E-state index contributed by atoms with van der Waals surface area (Å²) in [5.41, 5.74) is 23.3. The molecule has 11 rings (SSSR count). The van der Waals surface area contributed by atoms with Crippen molar-refractivity contribution in [1.29, 1.82) is 0 Å². The van der Waals surface area contributed by atoms with E-state index in [9.17, 15) is 0 Å². The van der Waals surface area contributed by atoms with Crippen molar-refractivity contribution in [1.82, 2.24) is 0 Å². The second-order valence-corrected chi connectivity index (χ2v) is 17.9. The van der Waals surface area contributed by atoms with Gasteiger partial charge in [-0.25, -0.2) is 0 Å². The predicted octanol–water partition coefficient (Wildman–Crippen LogP) is 17.4.